The average molecular weight is 288 g/mol. The molecule has 1 aliphatic heterocycles. The predicted octanol–water partition coefficient (Wildman–Crippen LogP) is 2.21. The molecule has 3 rings (SSSR count). The molecular weight excluding hydrogens is 268 g/mol. The van der Waals surface area contributed by atoms with E-state index >= 15 is 0 Å². The van der Waals surface area contributed by atoms with E-state index in [2.05, 4.69) is 16.8 Å². The van der Waals surface area contributed by atoms with Crippen LogP contribution >= 0.6 is 0 Å². The van der Waals surface area contributed by atoms with E-state index in [1.54, 1.807) is 6.20 Å². The minimum atomic E-state index is 0.114. The predicted molar refractivity (Wildman–Crippen MR) is 82.3 cm³/mol. The summed E-state index contributed by atoms with van der Waals surface area (Å²) in [7, 11) is 0. The van der Waals surface area contributed by atoms with E-state index in [1.165, 1.54) is 0 Å². The van der Waals surface area contributed by atoms with Crippen LogP contribution < -0.4 is 14.4 Å². The molecule has 0 atom stereocenters. The Bertz CT molecular complexity index is 624. The van der Waals surface area contributed by atoms with Crippen molar-refractivity contribution in [3.63, 3.8) is 0 Å². The highest BCUT2D eigenvalue weighted by molar-refractivity contribution is 5.94. The Morgan fingerprint density at radius 3 is 2.67 bits per heavy atom. The van der Waals surface area contributed by atoms with Gasteiger partial charge in [0.15, 0.2) is 11.5 Å². The molecule has 2 aromatic rings. The van der Waals surface area contributed by atoms with E-state index in [1.807, 2.05) is 18.2 Å². The van der Waals surface area contributed by atoms with E-state index in [4.69, 9.17) is 9.47 Å². The van der Waals surface area contributed by atoms with Gasteiger partial charge >= 0.3 is 0 Å². The van der Waals surface area contributed by atoms with Gasteiger partial charge in [0.1, 0.15) is 19.0 Å². The van der Waals surface area contributed by atoms with E-state index in [0.29, 0.717) is 19.8 Å². The molecule has 0 fully saturated rings. The number of hydrogen-bond acceptors (Lipinski definition) is 5. The molecule has 21 heavy (non-hydrogen) atoms. The first-order valence-corrected chi connectivity index (χ1v) is 7.37. The third kappa shape index (κ3) is 2.74. The topological polar surface area (TPSA) is 54.8 Å². The molecule has 2 heterocycles. The van der Waals surface area contributed by atoms with Gasteiger partial charge in [-0.05, 0) is 30.0 Å². The number of ether oxygens (including phenoxy) is 2. The van der Waals surface area contributed by atoms with Crippen molar-refractivity contribution in [1.82, 2.24) is 4.98 Å². The van der Waals surface area contributed by atoms with Crippen LogP contribution in [0.15, 0.2) is 24.4 Å². The lowest BCUT2D eigenvalue weighted by atomic mass is 10.1. The molecule has 1 aromatic heterocycles. The van der Waals surface area contributed by atoms with E-state index in [-0.39, 0.29) is 6.61 Å². The maximum Gasteiger partial charge on any atom is 0.162 e. The Hall–Kier alpha value is -2.01. The lowest BCUT2D eigenvalue weighted by molar-refractivity contribution is 0.172. The molecule has 5 nitrogen and oxygen atoms in total. The van der Waals surface area contributed by atoms with Crippen LogP contribution in [0.4, 0.5) is 5.82 Å². The summed E-state index contributed by atoms with van der Waals surface area (Å²) in [5, 5.41) is 11.4. The zero-order valence-electron chi connectivity index (χ0n) is 12.2. The highest BCUT2D eigenvalue weighted by Crippen LogP contribution is 2.37. The Kier molecular flexibility index (Phi) is 4.10. The Morgan fingerprint density at radius 2 is 1.95 bits per heavy atom. The second kappa shape index (κ2) is 6.18. The molecule has 0 saturated heterocycles. The van der Waals surface area contributed by atoms with Gasteiger partial charge in [-0.25, -0.2) is 4.98 Å². The number of anilines is 1. The molecule has 112 valence electrons. The number of benzene rings is 1. The molecule has 0 unspecified atom stereocenters. The molecule has 0 bridgehead atoms. The van der Waals surface area contributed by atoms with Crippen LogP contribution in [-0.4, -0.2) is 43.0 Å². The molecule has 1 aromatic carbocycles. The van der Waals surface area contributed by atoms with E-state index < -0.39 is 0 Å². The van der Waals surface area contributed by atoms with Gasteiger partial charge in [0, 0.05) is 24.7 Å². The molecule has 5 heteroatoms. The van der Waals surface area contributed by atoms with Crippen LogP contribution in [0, 0.1) is 0 Å². The van der Waals surface area contributed by atoms with Crippen molar-refractivity contribution in [2.45, 2.75) is 13.3 Å². The molecule has 0 aliphatic carbocycles. The maximum atomic E-state index is 9.27. The van der Waals surface area contributed by atoms with E-state index in [9.17, 15) is 5.11 Å². The minimum absolute atomic E-state index is 0.114. The summed E-state index contributed by atoms with van der Waals surface area (Å²) in [5.74, 6) is 2.44. The van der Waals surface area contributed by atoms with Crippen molar-refractivity contribution in [2.75, 3.05) is 37.8 Å². The average Bonchev–Trinajstić information content (AvgIpc) is 2.52. The number of aromatic nitrogens is 1. The number of aliphatic hydroxyl groups is 1. The molecule has 0 spiro atoms. The fourth-order valence-corrected chi connectivity index (χ4v) is 2.66. The highest BCUT2D eigenvalue weighted by Gasteiger charge is 2.16. The van der Waals surface area contributed by atoms with Crippen LogP contribution in [0.25, 0.3) is 10.8 Å². The van der Waals surface area contributed by atoms with Gasteiger partial charge in [-0.3, -0.25) is 0 Å². The summed E-state index contributed by atoms with van der Waals surface area (Å²) in [4.78, 5) is 6.62. The molecule has 1 N–H and O–H groups in total. The SMILES string of the molecule is CCCN(CCO)c1nccc2cc3c(cc12)OCCO3. The smallest absolute Gasteiger partial charge is 0.162 e. The van der Waals surface area contributed by atoms with Gasteiger partial charge in [-0.2, -0.15) is 0 Å². The van der Waals surface area contributed by atoms with Crippen molar-refractivity contribution in [3.05, 3.63) is 24.4 Å². The summed E-state index contributed by atoms with van der Waals surface area (Å²) in [6.07, 6.45) is 2.80. The molecule has 0 radical (unpaired) electrons. The first-order valence-electron chi connectivity index (χ1n) is 7.37. The summed E-state index contributed by atoms with van der Waals surface area (Å²) in [5.41, 5.74) is 0. The third-order valence-electron chi connectivity index (χ3n) is 3.57. The van der Waals surface area contributed by atoms with Crippen molar-refractivity contribution in [1.29, 1.82) is 0 Å². The Balaban J connectivity index is 2.09. The third-order valence-corrected chi connectivity index (χ3v) is 3.57. The maximum absolute atomic E-state index is 9.27. The van der Waals surface area contributed by atoms with Gasteiger partial charge < -0.3 is 19.5 Å². The fraction of sp³-hybridized carbons (Fsp3) is 0.438. The zero-order chi connectivity index (χ0) is 14.7. The van der Waals surface area contributed by atoms with Gasteiger partial charge in [0.2, 0.25) is 0 Å². The van der Waals surface area contributed by atoms with Crippen LogP contribution in [0.1, 0.15) is 13.3 Å². The standard InChI is InChI=1S/C16H20N2O3/c1-2-5-18(6-7-19)16-13-11-15-14(20-8-9-21-15)10-12(13)3-4-17-16/h3-4,10-11,19H,2,5-9H2,1H3. The lowest BCUT2D eigenvalue weighted by Crippen LogP contribution is -2.28. The summed E-state index contributed by atoms with van der Waals surface area (Å²) >= 11 is 0. The number of rotatable bonds is 5. The molecule has 0 amide bonds. The van der Waals surface area contributed by atoms with Crippen LogP contribution in [0.2, 0.25) is 0 Å². The van der Waals surface area contributed by atoms with Gasteiger partial charge in [-0.15, -0.1) is 0 Å². The summed E-state index contributed by atoms with van der Waals surface area (Å²) < 4.78 is 11.3. The first-order chi connectivity index (χ1) is 10.3. The molecule has 0 saturated carbocycles. The number of aliphatic hydroxyl groups excluding tert-OH is 1. The second-order valence-corrected chi connectivity index (χ2v) is 5.06. The normalized spacial score (nSPS) is 13.4. The lowest BCUT2D eigenvalue weighted by Gasteiger charge is -2.25. The summed E-state index contributed by atoms with van der Waals surface area (Å²) in [6, 6.07) is 5.96. The van der Waals surface area contributed by atoms with E-state index in [0.717, 1.165) is 41.1 Å². The van der Waals surface area contributed by atoms with Crippen molar-refractivity contribution in [3.8, 4) is 11.5 Å². The summed E-state index contributed by atoms with van der Waals surface area (Å²) in [6.45, 7) is 4.83. The largest absolute Gasteiger partial charge is 0.486 e. The minimum Gasteiger partial charge on any atom is -0.486 e. The Morgan fingerprint density at radius 1 is 1.19 bits per heavy atom. The van der Waals surface area contributed by atoms with Crippen molar-refractivity contribution in [2.24, 2.45) is 0 Å². The van der Waals surface area contributed by atoms with Crippen molar-refractivity contribution >= 4 is 16.6 Å². The molecule has 1 aliphatic rings. The van der Waals surface area contributed by atoms with Crippen molar-refractivity contribution < 1.29 is 14.6 Å². The quantitative estimate of drug-likeness (QED) is 0.914. The second-order valence-electron chi connectivity index (χ2n) is 5.06. The number of nitrogens with zero attached hydrogens (tertiary/aromatic N) is 2. The van der Waals surface area contributed by atoms with Crippen LogP contribution in [-0.2, 0) is 0 Å². The van der Waals surface area contributed by atoms with Gasteiger partial charge in [0.25, 0.3) is 0 Å². The van der Waals surface area contributed by atoms with Gasteiger partial charge in [0.05, 0.1) is 6.61 Å². The molecular formula is C16H20N2O3. The number of pyridine rings is 1. The fourth-order valence-electron chi connectivity index (χ4n) is 2.66. The number of hydrogen-bond donors (Lipinski definition) is 1. The first kappa shape index (κ1) is 13.9. The number of fused-ring (bicyclic) bond motifs is 2. The van der Waals surface area contributed by atoms with Crippen LogP contribution in [0.5, 0.6) is 11.5 Å². The monoisotopic (exact) mass is 288 g/mol. The Labute approximate surface area is 124 Å². The highest BCUT2D eigenvalue weighted by atomic mass is 16.6. The van der Waals surface area contributed by atoms with Gasteiger partial charge in [-0.1, -0.05) is 6.92 Å². The zero-order valence-corrected chi connectivity index (χ0v) is 12.2. The van der Waals surface area contributed by atoms with Crippen LogP contribution in [0.3, 0.4) is 0 Å².